The van der Waals surface area contributed by atoms with Gasteiger partial charge in [0.25, 0.3) is 0 Å². The van der Waals surface area contributed by atoms with E-state index < -0.39 is 0 Å². The average Bonchev–Trinajstić information content (AvgIpc) is 2.62. The first-order chi connectivity index (χ1) is 11.6. The Morgan fingerprint density at radius 3 is 2.38 bits per heavy atom. The van der Waals surface area contributed by atoms with Crippen molar-refractivity contribution in [2.75, 3.05) is 0 Å². The zero-order chi connectivity index (χ0) is 16.9. The van der Waals surface area contributed by atoms with Gasteiger partial charge >= 0.3 is 0 Å². The van der Waals surface area contributed by atoms with Crippen molar-refractivity contribution in [3.05, 3.63) is 70.8 Å². The first-order valence-electron chi connectivity index (χ1n) is 9.37. The number of hydrogen-bond donors (Lipinski definition) is 0. The lowest BCUT2D eigenvalue weighted by Gasteiger charge is -2.23. The van der Waals surface area contributed by atoms with Crippen molar-refractivity contribution in [2.45, 2.75) is 58.3 Å². The van der Waals surface area contributed by atoms with E-state index in [1.807, 2.05) is 30.3 Å². The molecule has 0 aromatic heterocycles. The minimum Gasteiger partial charge on any atom is -0.289 e. The van der Waals surface area contributed by atoms with Crippen molar-refractivity contribution >= 4 is 5.78 Å². The summed E-state index contributed by atoms with van der Waals surface area (Å²) in [5, 5.41) is 0. The third-order valence-electron chi connectivity index (χ3n) is 5.11. The minimum atomic E-state index is 0.154. The highest BCUT2D eigenvalue weighted by Gasteiger charge is 2.19. The number of carbonyl (C=O) groups excluding carboxylic acids is 1. The smallest absolute Gasteiger partial charge is 0.193 e. The third-order valence-corrected chi connectivity index (χ3v) is 5.11. The Balaban J connectivity index is 1.94. The van der Waals surface area contributed by atoms with E-state index in [1.54, 1.807) is 0 Å². The van der Waals surface area contributed by atoms with Gasteiger partial charge in [-0.15, -0.1) is 0 Å². The summed E-state index contributed by atoms with van der Waals surface area (Å²) in [6.07, 6.45) is 7.62. The van der Waals surface area contributed by atoms with Crippen molar-refractivity contribution in [3.8, 4) is 0 Å². The molecule has 126 valence electrons. The Labute approximate surface area is 146 Å². The molecule has 0 amide bonds. The van der Waals surface area contributed by atoms with Crippen LogP contribution in [0, 0.1) is 5.92 Å². The molecule has 0 aliphatic heterocycles. The van der Waals surface area contributed by atoms with Gasteiger partial charge in [-0.2, -0.15) is 0 Å². The second kappa shape index (κ2) is 7.79. The van der Waals surface area contributed by atoms with Crippen LogP contribution >= 0.6 is 0 Å². The second-order valence-electron chi connectivity index (χ2n) is 7.54. The molecule has 1 aliphatic carbocycles. The number of hydrogen-bond acceptors (Lipinski definition) is 1. The fraction of sp³-hybridized carbons (Fsp3) is 0.435. The molecule has 1 fully saturated rings. The summed E-state index contributed by atoms with van der Waals surface area (Å²) < 4.78 is 0. The van der Waals surface area contributed by atoms with E-state index in [-0.39, 0.29) is 5.78 Å². The molecule has 0 spiro atoms. The summed E-state index contributed by atoms with van der Waals surface area (Å²) in [5.41, 5.74) is 4.33. The van der Waals surface area contributed by atoms with Crippen LogP contribution in [0.3, 0.4) is 0 Å². The van der Waals surface area contributed by atoms with E-state index in [4.69, 9.17) is 0 Å². The lowest BCUT2D eigenvalue weighted by Crippen LogP contribution is -2.10. The van der Waals surface area contributed by atoms with E-state index in [0.717, 1.165) is 17.5 Å². The Morgan fingerprint density at radius 1 is 1.00 bits per heavy atom. The van der Waals surface area contributed by atoms with Crippen LogP contribution in [0.4, 0.5) is 0 Å². The maximum Gasteiger partial charge on any atom is 0.193 e. The van der Waals surface area contributed by atoms with Gasteiger partial charge in [-0.3, -0.25) is 4.79 Å². The Morgan fingerprint density at radius 2 is 1.71 bits per heavy atom. The van der Waals surface area contributed by atoms with Gasteiger partial charge in [-0.05, 0) is 42.2 Å². The topological polar surface area (TPSA) is 17.1 Å². The highest BCUT2D eigenvalue weighted by Crippen LogP contribution is 2.34. The quantitative estimate of drug-likeness (QED) is 0.603. The SMILES string of the molecule is CC(C)Cc1cc(C2CCCCC2)ccc1C(=O)c1ccccc1. The van der Waals surface area contributed by atoms with Gasteiger partial charge in [0.05, 0.1) is 0 Å². The summed E-state index contributed by atoms with van der Waals surface area (Å²) in [5.74, 6) is 1.39. The molecule has 0 saturated heterocycles. The molecule has 0 heterocycles. The number of rotatable bonds is 5. The van der Waals surface area contributed by atoms with Gasteiger partial charge in [-0.25, -0.2) is 0 Å². The molecule has 0 atom stereocenters. The fourth-order valence-corrected chi connectivity index (χ4v) is 3.88. The maximum atomic E-state index is 12.9. The largest absolute Gasteiger partial charge is 0.289 e. The first kappa shape index (κ1) is 17.0. The Hall–Kier alpha value is -1.89. The number of carbonyl (C=O) groups is 1. The lowest BCUT2D eigenvalue weighted by molar-refractivity contribution is 0.103. The van der Waals surface area contributed by atoms with Gasteiger partial charge in [0, 0.05) is 11.1 Å². The van der Waals surface area contributed by atoms with Gasteiger partial charge in [0.1, 0.15) is 0 Å². The predicted octanol–water partition coefficient (Wildman–Crippen LogP) is 6.16. The van der Waals surface area contributed by atoms with Gasteiger partial charge in [0.15, 0.2) is 5.78 Å². The van der Waals surface area contributed by atoms with Crippen molar-refractivity contribution < 1.29 is 4.79 Å². The van der Waals surface area contributed by atoms with E-state index in [0.29, 0.717) is 11.8 Å². The van der Waals surface area contributed by atoms with Crippen LogP contribution in [0.2, 0.25) is 0 Å². The molecule has 2 aromatic rings. The van der Waals surface area contributed by atoms with E-state index in [9.17, 15) is 4.79 Å². The molecule has 0 N–H and O–H groups in total. The van der Waals surface area contributed by atoms with Crippen LogP contribution in [-0.4, -0.2) is 5.78 Å². The molecule has 3 rings (SSSR count). The zero-order valence-electron chi connectivity index (χ0n) is 14.9. The molecule has 24 heavy (non-hydrogen) atoms. The highest BCUT2D eigenvalue weighted by molar-refractivity contribution is 6.09. The summed E-state index contributed by atoms with van der Waals surface area (Å²) >= 11 is 0. The van der Waals surface area contributed by atoms with Gasteiger partial charge < -0.3 is 0 Å². The van der Waals surface area contributed by atoms with Crippen LogP contribution in [0.5, 0.6) is 0 Å². The summed E-state index contributed by atoms with van der Waals surface area (Å²) in [4.78, 5) is 12.9. The van der Waals surface area contributed by atoms with Crippen LogP contribution in [-0.2, 0) is 6.42 Å². The third kappa shape index (κ3) is 3.95. The molecular formula is C23H28O. The summed E-state index contributed by atoms with van der Waals surface area (Å²) in [7, 11) is 0. The number of ketones is 1. The molecule has 0 unspecified atom stereocenters. The van der Waals surface area contributed by atoms with E-state index in [2.05, 4.69) is 32.0 Å². The van der Waals surface area contributed by atoms with Crippen LogP contribution in [0.25, 0.3) is 0 Å². The molecule has 0 radical (unpaired) electrons. The Kier molecular flexibility index (Phi) is 5.50. The first-order valence-corrected chi connectivity index (χ1v) is 9.37. The number of benzene rings is 2. The molecule has 2 aromatic carbocycles. The molecule has 1 heteroatoms. The van der Waals surface area contributed by atoms with Crippen molar-refractivity contribution in [1.82, 2.24) is 0 Å². The van der Waals surface area contributed by atoms with Gasteiger partial charge in [0.2, 0.25) is 0 Å². The molecule has 1 aliphatic rings. The average molecular weight is 320 g/mol. The molecular weight excluding hydrogens is 292 g/mol. The van der Waals surface area contributed by atoms with Crippen molar-refractivity contribution in [3.63, 3.8) is 0 Å². The van der Waals surface area contributed by atoms with Crippen LogP contribution in [0.15, 0.2) is 48.5 Å². The summed E-state index contributed by atoms with van der Waals surface area (Å²) in [6, 6.07) is 16.3. The standard InChI is InChI=1S/C23H28O/c1-17(2)15-21-16-20(18-9-5-3-6-10-18)13-14-22(21)23(24)19-11-7-4-8-12-19/h4,7-8,11-14,16-18H,3,5-6,9-10,15H2,1-2H3. The zero-order valence-corrected chi connectivity index (χ0v) is 14.9. The molecule has 1 saturated carbocycles. The van der Waals surface area contributed by atoms with E-state index >= 15 is 0 Å². The Bertz CT molecular complexity index is 678. The maximum absolute atomic E-state index is 12.9. The minimum absolute atomic E-state index is 0.154. The van der Waals surface area contributed by atoms with Crippen LogP contribution in [0.1, 0.15) is 78.9 Å². The second-order valence-corrected chi connectivity index (χ2v) is 7.54. The lowest BCUT2D eigenvalue weighted by atomic mass is 9.82. The predicted molar refractivity (Wildman–Crippen MR) is 101 cm³/mol. The van der Waals surface area contributed by atoms with Crippen LogP contribution < -0.4 is 0 Å². The fourth-order valence-electron chi connectivity index (χ4n) is 3.88. The van der Waals surface area contributed by atoms with E-state index in [1.165, 1.54) is 43.2 Å². The van der Waals surface area contributed by atoms with Gasteiger partial charge in [-0.1, -0.05) is 81.6 Å². The van der Waals surface area contributed by atoms with Crippen molar-refractivity contribution in [1.29, 1.82) is 0 Å². The highest BCUT2D eigenvalue weighted by atomic mass is 16.1. The molecule has 0 bridgehead atoms. The summed E-state index contributed by atoms with van der Waals surface area (Å²) in [6.45, 7) is 4.45. The van der Waals surface area contributed by atoms with Crippen molar-refractivity contribution in [2.24, 2.45) is 5.92 Å². The monoisotopic (exact) mass is 320 g/mol. The normalized spacial score (nSPS) is 15.6. The molecule has 1 nitrogen and oxygen atoms in total.